The summed E-state index contributed by atoms with van der Waals surface area (Å²) >= 11 is 0. The number of rotatable bonds is 5. The van der Waals surface area contributed by atoms with Gasteiger partial charge >= 0.3 is 0 Å². The SMILES string of the molecule is CCNCCC=Cc1ccc(F)cc1F. The molecule has 0 fully saturated rings. The maximum atomic E-state index is 13.1. The molecule has 0 aliphatic heterocycles. The van der Waals surface area contributed by atoms with E-state index in [2.05, 4.69) is 5.32 Å². The summed E-state index contributed by atoms with van der Waals surface area (Å²) in [6.07, 6.45) is 4.38. The molecule has 0 bridgehead atoms. The van der Waals surface area contributed by atoms with Crippen molar-refractivity contribution in [3.63, 3.8) is 0 Å². The molecule has 0 unspecified atom stereocenters. The predicted molar refractivity (Wildman–Crippen MR) is 58.6 cm³/mol. The minimum atomic E-state index is -0.544. The summed E-state index contributed by atoms with van der Waals surface area (Å²) in [5, 5.41) is 3.15. The fraction of sp³-hybridized carbons (Fsp3) is 0.333. The Morgan fingerprint density at radius 1 is 1.33 bits per heavy atom. The molecule has 0 spiro atoms. The van der Waals surface area contributed by atoms with E-state index in [9.17, 15) is 8.78 Å². The van der Waals surface area contributed by atoms with Gasteiger partial charge in [-0.1, -0.05) is 19.1 Å². The van der Waals surface area contributed by atoms with Gasteiger partial charge in [0.05, 0.1) is 0 Å². The molecule has 0 aliphatic carbocycles. The molecule has 0 saturated heterocycles. The van der Waals surface area contributed by atoms with Crippen molar-refractivity contribution >= 4 is 6.08 Å². The van der Waals surface area contributed by atoms with Gasteiger partial charge in [0.25, 0.3) is 0 Å². The first-order valence-corrected chi connectivity index (χ1v) is 5.06. The lowest BCUT2D eigenvalue weighted by Gasteiger charge is -1.98. The Balaban J connectivity index is 2.49. The van der Waals surface area contributed by atoms with Gasteiger partial charge in [0.1, 0.15) is 11.6 Å². The van der Waals surface area contributed by atoms with Crippen molar-refractivity contribution in [2.24, 2.45) is 0 Å². The summed E-state index contributed by atoms with van der Waals surface area (Å²) in [7, 11) is 0. The van der Waals surface area contributed by atoms with Crippen LogP contribution in [-0.4, -0.2) is 13.1 Å². The quantitative estimate of drug-likeness (QED) is 0.738. The van der Waals surface area contributed by atoms with Crippen LogP contribution in [-0.2, 0) is 0 Å². The van der Waals surface area contributed by atoms with Crippen molar-refractivity contribution in [1.82, 2.24) is 5.32 Å². The summed E-state index contributed by atoms with van der Waals surface area (Å²) in [5.74, 6) is -1.06. The van der Waals surface area contributed by atoms with Gasteiger partial charge in [0.15, 0.2) is 0 Å². The zero-order chi connectivity index (χ0) is 11.1. The standard InChI is InChI=1S/C12H15F2N/c1-2-15-8-4-3-5-10-6-7-11(13)9-12(10)14/h3,5-7,9,15H,2,4,8H2,1H3. The molecule has 1 aromatic rings. The summed E-state index contributed by atoms with van der Waals surface area (Å²) < 4.78 is 25.7. The van der Waals surface area contributed by atoms with Gasteiger partial charge in [-0.25, -0.2) is 8.78 Å². The molecule has 0 amide bonds. The van der Waals surface area contributed by atoms with Gasteiger partial charge in [-0.15, -0.1) is 0 Å². The van der Waals surface area contributed by atoms with E-state index in [0.29, 0.717) is 5.56 Å². The fourth-order valence-electron chi connectivity index (χ4n) is 1.21. The lowest BCUT2D eigenvalue weighted by molar-refractivity contribution is 0.581. The number of hydrogen-bond donors (Lipinski definition) is 1. The van der Waals surface area contributed by atoms with E-state index in [-0.39, 0.29) is 0 Å². The second-order valence-corrected chi connectivity index (χ2v) is 3.21. The van der Waals surface area contributed by atoms with Gasteiger partial charge in [-0.2, -0.15) is 0 Å². The third-order valence-electron chi connectivity index (χ3n) is 2.00. The second-order valence-electron chi connectivity index (χ2n) is 3.21. The minimum Gasteiger partial charge on any atom is -0.317 e. The van der Waals surface area contributed by atoms with Crippen molar-refractivity contribution < 1.29 is 8.78 Å². The van der Waals surface area contributed by atoms with Gasteiger partial charge in [-0.05, 0) is 31.6 Å². The van der Waals surface area contributed by atoms with E-state index < -0.39 is 11.6 Å². The summed E-state index contributed by atoms with van der Waals surface area (Å²) in [6.45, 7) is 3.83. The monoisotopic (exact) mass is 211 g/mol. The van der Waals surface area contributed by atoms with Crippen LogP contribution in [0, 0.1) is 11.6 Å². The van der Waals surface area contributed by atoms with E-state index in [1.54, 1.807) is 6.08 Å². The van der Waals surface area contributed by atoms with Gasteiger partial charge in [0.2, 0.25) is 0 Å². The van der Waals surface area contributed by atoms with E-state index >= 15 is 0 Å². The number of halogens is 2. The van der Waals surface area contributed by atoms with Crippen molar-refractivity contribution in [2.45, 2.75) is 13.3 Å². The number of hydrogen-bond acceptors (Lipinski definition) is 1. The fourth-order valence-corrected chi connectivity index (χ4v) is 1.21. The predicted octanol–water partition coefficient (Wildman–Crippen LogP) is 2.98. The highest BCUT2D eigenvalue weighted by molar-refractivity contribution is 5.49. The highest BCUT2D eigenvalue weighted by Gasteiger charge is 1.99. The molecule has 0 aliphatic rings. The van der Waals surface area contributed by atoms with Crippen LogP contribution < -0.4 is 5.32 Å². The van der Waals surface area contributed by atoms with E-state index in [1.165, 1.54) is 12.1 Å². The molecule has 15 heavy (non-hydrogen) atoms. The summed E-state index contributed by atoms with van der Waals surface area (Å²) in [5.41, 5.74) is 0.424. The van der Waals surface area contributed by atoms with Gasteiger partial charge in [-0.3, -0.25) is 0 Å². The summed E-state index contributed by atoms with van der Waals surface area (Å²) in [4.78, 5) is 0. The molecule has 1 aromatic carbocycles. The molecule has 3 heteroatoms. The van der Waals surface area contributed by atoms with Gasteiger partial charge in [0, 0.05) is 11.6 Å². The average molecular weight is 211 g/mol. The average Bonchev–Trinajstić information content (AvgIpc) is 2.20. The van der Waals surface area contributed by atoms with Crippen LogP contribution in [0.4, 0.5) is 8.78 Å². The zero-order valence-electron chi connectivity index (χ0n) is 8.76. The van der Waals surface area contributed by atoms with E-state index in [4.69, 9.17) is 0 Å². The number of nitrogens with one attached hydrogen (secondary N) is 1. The molecular formula is C12H15F2N. The van der Waals surface area contributed by atoms with Crippen LogP contribution in [0.2, 0.25) is 0 Å². The smallest absolute Gasteiger partial charge is 0.133 e. The number of benzene rings is 1. The van der Waals surface area contributed by atoms with Crippen LogP contribution in [0.5, 0.6) is 0 Å². The Morgan fingerprint density at radius 3 is 2.80 bits per heavy atom. The third-order valence-corrected chi connectivity index (χ3v) is 2.00. The molecule has 0 radical (unpaired) electrons. The first kappa shape index (κ1) is 11.9. The van der Waals surface area contributed by atoms with Crippen molar-refractivity contribution in [2.75, 3.05) is 13.1 Å². The molecule has 0 atom stereocenters. The molecule has 82 valence electrons. The lowest BCUT2D eigenvalue weighted by Crippen LogP contribution is -2.12. The largest absolute Gasteiger partial charge is 0.317 e. The summed E-state index contributed by atoms with van der Waals surface area (Å²) in [6, 6.07) is 3.59. The molecule has 1 nitrogen and oxygen atoms in total. The molecule has 0 heterocycles. The topological polar surface area (TPSA) is 12.0 Å². The van der Waals surface area contributed by atoms with E-state index in [1.807, 2.05) is 13.0 Å². The van der Waals surface area contributed by atoms with Crippen LogP contribution in [0.3, 0.4) is 0 Å². The lowest BCUT2D eigenvalue weighted by atomic mass is 10.2. The molecule has 1 rings (SSSR count). The molecule has 0 saturated carbocycles. The Labute approximate surface area is 88.8 Å². The molecule has 1 N–H and O–H groups in total. The third kappa shape index (κ3) is 4.21. The maximum Gasteiger partial charge on any atom is 0.133 e. The highest BCUT2D eigenvalue weighted by Crippen LogP contribution is 2.11. The van der Waals surface area contributed by atoms with Crippen molar-refractivity contribution in [1.29, 1.82) is 0 Å². The minimum absolute atomic E-state index is 0.424. The Morgan fingerprint density at radius 2 is 2.13 bits per heavy atom. The zero-order valence-corrected chi connectivity index (χ0v) is 8.76. The van der Waals surface area contributed by atoms with Crippen molar-refractivity contribution in [3.05, 3.63) is 41.5 Å². The highest BCUT2D eigenvalue weighted by atomic mass is 19.1. The maximum absolute atomic E-state index is 13.1. The Hall–Kier alpha value is -1.22. The van der Waals surface area contributed by atoms with Crippen LogP contribution in [0.1, 0.15) is 18.9 Å². The Kier molecular flexibility index (Phi) is 4.98. The van der Waals surface area contributed by atoms with Gasteiger partial charge < -0.3 is 5.32 Å². The van der Waals surface area contributed by atoms with Crippen LogP contribution in [0.25, 0.3) is 6.08 Å². The van der Waals surface area contributed by atoms with E-state index in [0.717, 1.165) is 25.6 Å². The first-order chi connectivity index (χ1) is 7.24. The van der Waals surface area contributed by atoms with Crippen molar-refractivity contribution in [3.8, 4) is 0 Å². The molecule has 0 aromatic heterocycles. The first-order valence-electron chi connectivity index (χ1n) is 5.06. The normalized spacial score (nSPS) is 11.1. The second kappa shape index (κ2) is 6.30. The van der Waals surface area contributed by atoms with Crippen LogP contribution >= 0.6 is 0 Å². The molecular weight excluding hydrogens is 196 g/mol. The Bertz CT molecular complexity index is 334. The van der Waals surface area contributed by atoms with Crippen LogP contribution in [0.15, 0.2) is 24.3 Å².